The van der Waals surface area contributed by atoms with Gasteiger partial charge < -0.3 is 11.2 Å². The van der Waals surface area contributed by atoms with Crippen LogP contribution in [-0.4, -0.2) is 26.6 Å². The maximum atomic E-state index is 14.1. The first-order chi connectivity index (χ1) is 16.4. The van der Waals surface area contributed by atoms with E-state index >= 15 is 0 Å². The van der Waals surface area contributed by atoms with Gasteiger partial charge in [-0.05, 0) is 36.2 Å². The number of ketones is 1. The number of benzene rings is 3. The summed E-state index contributed by atoms with van der Waals surface area (Å²) >= 11 is 1.13. The van der Waals surface area contributed by atoms with Crippen molar-refractivity contribution in [2.75, 3.05) is 11.2 Å². The van der Waals surface area contributed by atoms with Crippen molar-refractivity contribution < 1.29 is 14.0 Å². The smallest absolute Gasteiger partial charge is 0.242 e. The maximum absolute atomic E-state index is 14.1. The fourth-order valence-corrected chi connectivity index (χ4v) is 4.33. The van der Waals surface area contributed by atoms with E-state index < -0.39 is 5.25 Å². The SMILES string of the molecule is CC(=O)c1cccc(NC(=O)C(Sc2nnc(Cc3ccccc3F)n2N)c2ccccc2)c1. The summed E-state index contributed by atoms with van der Waals surface area (Å²) in [6.07, 6.45) is 0.163. The van der Waals surface area contributed by atoms with Gasteiger partial charge in [-0.25, -0.2) is 9.07 Å². The third kappa shape index (κ3) is 5.32. The molecule has 1 aromatic heterocycles. The van der Waals surface area contributed by atoms with Gasteiger partial charge in [0.15, 0.2) is 11.6 Å². The molecule has 3 aromatic carbocycles. The number of nitrogens with two attached hydrogens (primary N) is 1. The summed E-state index contributed by atoms with van der Waals surface area (Å²) in [4.78, 5) is 25.0. The standard InChI is InChI=1S/C25H22FN5O2S/c1-16(32)18-11-7-12-20(14-18)28-24(33)23(17-8-3-2-4-9-17)34-25-30-29-22(31(25)27)15-19-10-5-6-13-21(19)26/h2-14,23H,15,27H2,1H3,(H,28,33). The Hall–Kier alpha value is -3.98. The number of thioether (sulfide) groups is 1. The van der Waals surface area contributed by atoms with Gasteiger partial charge in [0.2, 0.25) is 11.1 Å². The molecule has 0 fully saturated rings. The topological polar surface area (TPSA) is 103 Å². The van der Waals surface area contributed by atoms with E-state index in [4.69, 9.17) is 5.84 Å². The summed E-state index contributed by atoms with van der Waals surface area (Å²) in [5, 5.41) is 10.7. The third-order valence-electron chi connectivity index (χ3n) is 5.14. The van der Waals surface area contributed by atoms with Gasteiger partial charge >= 0.3 is 0 Å². The Morgan fingerprint density at radius 3 is 2.50 bits per heavy atom. The fraction of sp³-hybridized carbons (Fsp3) is 0.120. The van der Waals surface area contributed by atoms with Crippen LogP contribution in [0.5, 0.6) is 0 Å². The molecule has 0 aliphatic heterocycles. The summed E-state index contributed by atoms with van der Waals surface area (Å²) in [7, 11) is 0. The number of Topliss-reactive ketones (excluding diaryl/α,β-unsaturated/α-hetero) is 1. The molecule has 0 aliphatic rings. The first-order valence-electron chi connectivity index (χ1n) is 10.5. The number of rotatable bonds is 8. The molecule has 1 unspecified atom stereocenters. The van der Waals surface area contributed by atoms with E-state index in [9.17, 15) is 14.0 Å². The van der Waals surface area contributed by atoms with E-state index in [1.165, 1.54) is 17.7 Å². The molecule has 7 nitrogen and oxygen atoms in total. The van der Waals surface area contributed by atoms with Gasteiger partial charge in [0, 0.05) is 17.7 Å². The third-order valence-corrected chi connectivity index (χ3v) is 6.35. The van der Waals surface area contributed by atoms with Gasteiger partial charge in [-0.2, -0.15) is 0 Å². The molecule has 1 amide bonds. The minimum Gasteiger partial charge on any atom is -0.336 e. The molecule has 3 N–H and O–H groups in total. The Bertz CT molecular complexity index is 1330. The first kappa shape index (κ1) is 23.2. The van der Waals surface area contributed by atoms with Crippen LogP contribution in [0.2, 0.25) is 0 Å². The van der Waals surface area contributed by atoms with E-state index in [1.807, 2.05) is 30.3 Å². The average molecular weight is 476 g/mol. The maximum Gasteiger partial charge on any atom is 0.242 e. The van der Waals surface area contributed by atoms with Crippen LogP contribution in [0.1, 0.15) is 39.5 Å². The molecule has 4 rings (SSSR count). The number of halogens is 1. The zero-order chi connectivity index (χ0) is 24.1. The number of nitrogens with zero attached hydrogens (tertiary/aromatic N) is 3. The van der Waals surface area contributed by atoms with Crippen molar-refractivity contribution in [3.63, 3.8) is 0 Å². The van der Waals surface area contributed by atoms with Crippen molar-refractivity contribution in [3.8, 4) is 0 Å². The van der Waals surface area contributed by atoms with Crippen molar-refractivity contribution in [1.29, 1.82) is 0 Å². The Kier molecular flexibility index (Phi) is 7.03. The number of amides is 1. The molecule has 9 heteroatoms. The molecular formula is C25H22FN5O2S. The monoisotopic (exact) mass is 475 g/mol. The molecule has 34 heavy (non-hydrogen) atoms. The van der Waals surface area contributed by atoms with Crippen molar-refractivity contribution >= 4 is 29.1 Å². The predicted octanol–water partition coefficient (Wildman–Crippen LogP) is 4.40. The molecule has 4 aromatic rings. The highest BCUT2D eigenvalue weighted by atomic mass is 32.2. The van der Waals surface area contributed by atoms with Crippen LogP contribution in [0.3, 0.4) is 0 Å². The minimum absolute atomic E-state index is 0.0938. The van der Waals surface area contributed by atoms with Gasteiger partial charge in [-0.1, -0.05) is 72.4 Å². The minimum atomic E-state index is -0.699. The number of anilines is 1. The number of nitrogens with one attached hydrogen (secondary N) is 1. The van der Waals surface area contributed by atoms with Crippen LogP contribution in [0.4, 0.5) is 10.1 Å². The molecule has 1 atom stereocenters. The highest BCUT2D eigenvalue weighted by molar-refractivity contribution is 8.00. The molecule has 0 aliphatic carbocycles. The summed E-state index contributed by atoms with van der Waals surface area (Å²) in [6, 6.07) is 22.3. The fourth-order valence-electron chi connectivity index (χ4n) is 3.35. The van der Waals surface area contributed by atoms with Gasteiger partial charge in [0.05, 0.1) is 0 Å². The summed E-state index contributed by atoms with van der Waals surface area (Å²) < 4.78 is 15.3. The van der Waals surface area contributed by atoms with Crippen molar-refractivity contribution in [3.05, 3.63) is 107 Å². The zero-order valence-electron chi connectivity index (χ0n) is 18.3. The number of carbonyl (C=O) groups is 2. The van der Waals surface area contributed by atoms with Crippen molar-refractivity contribution in [2.24, 2.45) is 0 Å². The second kappa shape index (κ2) is 10.3. The zero-order valence-corrected chi connectivity index (χ0v) is 19.1. The predicted molar refractivity (Wildman–Crippen MR) is 129 cm³/mol. The molecule has 172 valence electrons. The number of hydrogen-bond donors (Lipinski definition) is 2. The second-order valence-electron chi connectivity index (χ2n) is 7.57. The lowest BCUT2D eigenvalue weighted by Crippen LogP contribution is -2.21. The van der Waals surface area contributed by atoms with Crippen LogP contribution >= 0.6 is 11.8 Å². The molecule has 0 bridgehead atoms. The van der Waals surface area contributed by atoms with Crippen LogP contribution in [-0.2, 0) is 11.2 Å². The lowest BCUT2D eigenvalue weighted by molar-refractivity contribution is -0.115. The highest BCUT2D eigenvalue weighted by Crippen LogP contribution is 2.35. The molecule has 1 heterocycles. The summed E-state index contributed by atoms with van der Waals surface area (Å²) in [6.45, 7) is 1.47. The van der Waals surface area contributed by atoms with Crippen molar-refractivity contribution in [1.82, 2.24) is 14.9 Å². The van der Waals surface area contributed by atoms with Crippen LogP contribution < -0.4 is 11.2 Å². The van der Waals surface area contributed by atoms with E-state index in [-0.39, 0.29) is 23.9 Å². The summed E-state index contributed by atoms with van der Waals surface area (Å²) in [5.41, 5.74) is 2.20. The average Bonchev–Trinajstić information content (AvgIpc) is 3.18. The van der Waals surface area contributed by atoms with Crippen LogP contribution in [0.15, 0.2) is 84.0 Å². The molecule has 0 saturated heterocycles. The van der Waals surface area contributed by atoms with Crippen LogP contribution in [0, 0.1) is 5.82 Å². The largest absolute Gasteiger partial charge is 0.336 e. The Morgan fingerprint density at radius 2 is 1.76 bits per heavy atom. The van der Waals surface area contributed by atoms with Crippen molar-refractivity contribution in [2.45, 2.75) is 23.8 Å². The molecule has 0 saturated carbocycles. The second-order valence-corrected chi connectivity index (χ2v) is 8.64. The Morgan fingerprint density at radius 1 is 1.03 bits per heavy atom. The number of hydrogen-bond acceptors (Lipinski definition) is 6. The molecule has 0 spiro atoms. The Labute approximate surface area is 200 Å². The van der Waals surface area contributed by atoms with E-state index in [2.05, 4.69) is 15.5 Å². The highest BCUT2D eigenvalue weighted by Gasteiger charge is 2.26. The first-order valence-corrected chi connectivity index (χ1v) is 11.4. The molecule has 0 radical (unpaired) electrons. The number of aromatic nitrogens is 3. The number of carbonyl (C=O) groups excluding carboxylic acids is 2. The lowest BCUT2D eigenvalue weighted by atomic mass is 10.1. The van der Waals surface area contributed by atoms with E-state index in [0.29, 0.717) is 27.8 Å². The van der Waals surface area contributed by atoms with Gasteiger partial charge in [0.1, 0.15) is 11.1 Å². The van der Waals surface area contributed by atoms with E-state index in [0.717, 1.165) is 17.3 Å². The normalized spacial score (nSPS) is 11.7. The van der Waals surface area contributed by atoms with Gasteiger partial charge in [-0.15, -0.1) is 10.2 Å². The molecular weight excluding hydrogens is 453 g/mol. The summed E-state index contributed by atoms with van der Waals surface area (Å²) in [5.74, 6) is 5.83. The number of nitrogen functional groups attached to an aromatic ring is 1. The van der Waals surface area contributed by atoms with Gasteiger partial charge in [0.25, 0.3) is 0 Å². The lowest BCUT2D eigenvalue weighted by Gasteiger charge is -2.17. The quantitative estimate of drug-likeness (QED) is 0.223. The van der Waals surface area contributed by atoms with Crippen LogP contribution in [0.25, 0.3) is 0 Å². The Balaban J connectivity index is 1.59. The van der Waals surface area contributed by atoms with Gasteiger partial charge in [-0.3, -0.25) is 9.59 Å². The van der Waals surface area contributed by atoms with E-state index in [1.54, 1.807) is 42.5 Å².